The highest BCUT2D eigenvalue weighted by Crippen LogP contribution is 2.38. The highest BCUT2D eigenvalue weighted by Gasteiger charge is 2.37. The van der Waals surface area contributed by atoms with Gasteiger partial charge in [-0.3, -0.25) is 4.79 Å². The van der Waals surface area contributed by atoms with Gasteiger partial charge in [0.25, 0.3) is 0 Å². The van der Waals surface area contributed by atoms with Crippen LogP contribution in [0.4, 0.5) is 0 Å². The molecule has 114 valence electrons. The summed E-state index contributed by atoms with van der Waals surface area (Å²) in [5.74, 6) is 2.08. The van der Waals surface area contributed by atoms with Crippen LogP contribution in [0.2, 0.25) is 0 Å². The van der Waals surface area contributed by atoms with Crippen LogP contribution >= 0.6 is 0 Å². The summed E-state index contributed by atoms with van der Waals surface area (Å²) in [6.45, 7) is 0.928. The summed E-state index contributed by atoms with van der Waals surface area (Å²) in [7, 11) is 1.93. The lowest BCUT2D eigenvalue weighted by Gasteiger charge is -2.40. The van der Waals surface area contributed by atoms with Crippen LogP contribution in [0, 0.1) is 11.8 Å². The van der Waals surface area contributed by atoms with Gasteiger partial charge < -0.3 is 10.2 Å². The van der Waals surface area contributed by atoms with Crippen LogP contribution in [0.15, 0.2) is 0 Å². The zero-order valence-corrected chi connectivity index (χ0v) is 12.9. The number of likely N-dealkylation sites (N-methyl/N-ethyl adjacent to an activating group) is 1. The molecule has 3 rings (SSSR count). The summed E-state index contributed by atoms with van der Waals surface area (Å²) in [5, 5.41) is 3.75. The second-order valence-electron chi connectivity index (χ2n) is 7.22. The lowest BCUT2D eigenvalue weighted by atomic mass is 9.71. The van der Waals surface area contributed by atoms with E-state index in [2.05, 4.69) is 5.32 Å². The van der Waals surface area contributed by atoms with E-state index in [1.807, 2.05) is 11.9 Å². The first-order chi connectivity index (χ1) is 9.75. The number of rotatable bonds is 3. The van der Waals surface area contributed by atoms with Crippen molar-refractivity contribution in [3.63, 3.8) is 0 Å². The Bertz CT molecular complexity index is 338. The zero-order chi connectivity index (χ0) is 13.9. The van der Waals surface area contributed by atoms with Gasteiger partial charge in [0, 0.05) is 19.6 Å². The van der Waals surface area contributed by atoms with E-state index < -0.39 is 0 Å². The molecule has 2 aliphatic carbocycles. The molecule has 0 aromatic carbocycles. The molecule has 0 spiro atoms. The molecule has 0 radical (unpaired) electrons. The predicted octanol–water partition coefficient (Wildman–Crippen LogP) is 2.95. The van der Waals surface area contributed by atoms with E-state index in [-0.39, 0.29) is 6.04 Å². The van der Waals surface area contributed by atoms with Crippen molar-refractivity contribution >= 4 is 5.91 Å². The van der Waals surface area contributed by atoms with Gasteiger partial charge in [0.05, 0.1) is 6.04 Å². The lowest BCUT2D eigenvalue weighted by molar-refractivity contribution is -0.128. The highest BCUT2D eigenvalue weighted by atomic mass is 16.2. The molecule has 2 saturated carbocycles. The SMILES string of the molecule is CN1CCC(NC2CCCCC2C2CCCCC2)C1=O. The first-order valence-corrected chi connectivity index (χ1v) is 8.77. The molecule has 1 heterocycles. The molecule has 3 aliphatic rings. The summed E-state index contributed by atoms with van der Waals surface area (Å²) >= 11 is 0. The van der Waals surface area contributed by atoms with Gasteiger partial charge in [-0.05, 0) is 31.1 Å². The van der Waals surface area contributed by atoms with Crippen LogP contribution in [-0.4, -0.2) is 36.5 Å². The van der Waals surface area contributed by atoms with Crippen molar-refractivity contribution in [1.82, 2.24) is 10.2 Å². The van der Waals surface area contributed by atoms with Gasteiger partial charge in [-0.25, -0.2) is 0 Å². The summed E-state index contributed by atoms with van der Waals surface area (Å²) in [4.78, 5) is 14.0. The van der Waals surface area contributed by atoms with Crippen LogP contribution < -0.4 is 5.32 Å². The zero-order valence-electron chi connectivity index (χ0n) is 12.9. The van der Waals surface area contributed by atoms with Crippen LogP contribution in [0.1, 0.15) is 64.2 Å². The molecule has 0 aromatic heterocycles. The molecular weight excluding hydrogens is 248 g/mol. The summed E-state index contributed by atoms with van der Waals surface area (Å²) < 4.78 is 0. The largest absolute Gasteiger partial charge is 0.344 e. The van der Waals surface area contributed by atoms with Crippen LogP contribution in [0.25, 0.3) is 0 Å². The number of hydrogen-bond acceptors (Lipinski definition) is 2. The average molecular weight is 278 g/mol. The van der Waals surface area contributed by atoms with Gasteiger partial charge in [-0.2, -0.15) is 0 Å². The Balaban J connectivity index is 1.61. The van der Waals surface area contributed by atoms with Crippen molar-refractivity contribution < 1.29 is 4.79 Å². The monoisotopic (exact) mass is 278 g/mol. The van der Waals surface area contributed by atoms with E-state index in [0.29, 0.717) is 11.9 Å². The van der Waals surface area contributed by atoms with Gasteiger partial charge in [-0.1, -0.05) is 44.9 Å². The number of carbonyl (C=O) groups is 1. The number of nitrogens with zero attached hydrogens (tertiary/aromatic N) is 1. The maximum Gasteiger partial charge on any atom is 0.239 e. The van der Waals surface area contributed by atoms with Gasteiger partial charge in [0.2, 0.25) is 5.91 Å². The molecule has 0 bridgehead atoms. The molecule has 0 aromatic rings. The van der Waals surface area contributed by atoms with Crippen LogP contribution in [-0.2, 0) is 4.79 Å². The van der Waals surface area contributed by atoms with E-state index in [1.165, 1.54) is 57.8 Å². The normalized spacial score (nSPS) is 36.5. The van der Waals surface area contributed by atoms with E-state index in [9.17, 15) is 4.79 Å². The third-order valence-electron chi connectivity index (χ3n) is 5.92. The maximum atomic E-state index is 12.1. The second kappa shape index (κ2) is 6.46. The Morgan fingerprint density at radius 2 is 1.65 bits per heavy atom. The Morgan fingerprint density at radius 1 is 0.950 bits per heavy atom. The fraction of sp³-hybridized carbons (Fsp3) is 0.941. The van der Waals surface area contributed by atoms with Crippen molar-refractivity contribution in [1.29, 1.82) is 0 Å². The van der Waals surface area contributed by atoms with Gasteiger partial charge >= 0.3 is 0 Å². The molecule has 1 amide bonds. The molecule has 3 nitrogen and oxygen atoms in total. The summed E-state index contributed by atoms with van der Waals surface area (Å²) in [5.41, 5.74) is 0. The smallest absolute Gasteiger partial charge is 0.239 e. The molecule has 3 fully saturated rings. The molecule has 1 N–H and O–H groups in total. The van der Waals surface area contributed by atoms with E-state index in [4.69, 9.17) is 0 Å². The highest BCUT2D eigenvalue weighted by molar-refractivity contribution is 5.83. The van der Waals surface area contributed by atoms with Gasteiger partial charge in [0.1, 0.15) is 0 Å². The van der Waals surface area contributed by atoms with Crippen molar-refractivity contribution in [3.05, 3.63) is 0 Å². The third kappa shape index (κ3) is 3.03. The van der Waals surface area contributed by atoms with Crippen molar-refractivity contribution in [2.24, 2.45) is 11.8 Å². The fourth-order valence-corrected chi connectivity index (χ4v) is 4.73. The molecule has 3 unspecified atom stereocenters. The first-order valence-electron chi connectivity index (χ1n) is 8.77. The molecule has 1 saturated heterocycles. The number of nitrogens with one attached hydrogen (secondary N) is 1. The van der Waals surface area contributed by atoms with Crippen LogP contribution in [0.5, 0.6) is 0 Å². The Kier molecular flexibility index (Phi) is 4.65. The van der Waals surface area contributed by atoms with Crippen LogP contribution in [0.3, 0.4) is 0 Å². The topological polar surface area (TPSA) is 32.3 Å². The average Bonchev–Trinajstić information content (AvgIpc) is 2.81. The third-order valence-corrected chi connectivity index (χ3v) is 5.92. The molecule has 20 heavy (non-hydrogen) atoms. The van der Waals surface area contributed by atoms with Gasteiger partial charge in [0.15, 0.2) is 0 Å². The summed E-state index contributed by atoms with van der Waals surface area (Å²) in [6, 6.07) is 0.710. The number of amides is 1. The molecular formula is C17H30N2O. The Morgan fingerprint density at radius 3 is 2.35 bits per heavy atom. The minimum Gasteiger partial charge on any atom is -0.344 e. The van der Waals surface area contributed by atoms with Gasteiger partial charge in [-0.15, -0.1) is 0 Å². The lowest BCUT2D eigenvalue weighted by Crippen LogP contribution is -2.49. The summed E-state index contributed by atoms with van der Waals surface area (Å²) in [6.07, 6.45) is 13.6. The Labute approximate surface area is 123 Å². The Hall–Kier alpha value is -0.570. The predicted molar refractivity (Wildman–Crippen MR) is 81.5 cm³/mol. The van der Waals surface area contributed by atoms with Crippen molar-refractivity contribution in [2.75, 3.05) is 13.6 Å². The number of carbonyl (C=O) groups excluding carboxylic acids is 1. The quantitative estimate of drug-likeness (QED) is 0.861. The standard InChI is InChI=1S/C17H30N2O/c1-19-12-11-16(17(19)20)18-15-10-6-5-9-14(15)13-7-3-2-4-8-13/h13-16,18H,2-12H2,1H3. The fourth-order valence-electron chi connectivity index (χ4n) is 4.73. The molecule has 1 aliphatic heterocycles. The number of likely N-dealkylation sites (tertiary alicyclic amines) is 1. The maximum absolute atomic E-state index is 12.1. The number of hydrogen-bond donors (Lipinski definition) is 1. The van der Waals surface area contributed by atoms with Crippen molar-refractivity contribution in [3.8, 4) is 0 Å². The first kappa shape index (κ1) is 14.4. The van der Waals surface area contributed by atoms with E-state index in [1.54, 1.807) is 0 Å². The minimum atomic E-state index is 0.106. The molecule has 3 atom stereocenters. The van der Waals surface area contributed by atoms with E-state index in [0.717, 1.165) is 24.8 Å². The minimum absolute atomic E-state index is 0.106. The van der Waals surface area contributed by atoms with E-state index >= 15 is 0 Å². The second-order valence-corrected chi connectivity index (χ2v) is 7.22. The molecule has 3 heteroatoms. The van der Waals surface area contributed by atoms with Crippen molar-refractivity contribution in [2.45, 2.75) is 76.3 Å².